The summed E-state index contributed by atoms with van der Waals surface area (Å²) in [7, 11) is 0. The topological polar surface area (TPSA) is 120 Å². The molecule has 3 aromatic rings. The lowest BCUT2D eigenvalue weighted by atomic mass is 9.65. The predicted octanol–water partition coefficient (Wildman–Crippen LogP) is 2.49. The average Bonchev–Trinajstić information content (AvgIpc) is 3.35. The van der Waals surface area contributed by atoms with E-state index < -0.39 is 29.0 Å². The van der Waals surface area contributed by atoms with Crippen LogP contribution in [0.2, 0.25) is 0 Å². The van der Waals surface area contributed by atoms with Gasteiger partial charge in [-0.05, 0) is 62.5 Å². The minimum Gasteiger partial charge on any atom is -0.388 e. The number of rotatable bonds is 6. The van der Waals surface area contributed by atoms with Crippen LogP contribution in [-0.2, 0) is 21.4 Å². The van der Waals surface area contributed by atoms with Crippen LogP contribution in [0.1, 0.15) is 49.5 Å². The molecule has 5 rings (SSSR count). The molecule has 184 valence electrons. The Hall–Kier alpha value is -3.00. The lowest BCUT2D eigenvalue weighted by Crippen LogP contribution is -2.57. The number of Topliss-reactive ketones (excluding diaryl/α,β-unsaturated/α-hetero) is 1. The van der Waals surface area contributed by atoms with Gasteiger partial charge in [0.05, 0.1) is 23.6 Å². The number of aromatic amines is 1. The average molecular weight is 475 g/mol. The molecular weight excluding hydrogens is 440 g/mol. The monoisotopic (exact) mass is 474 g/mol. The molecule has 7 heteroatoms. The highest BCUT2D eigenvalue weighted by Crippen LogP contribution is 2.54. The molecule has 1 fully saturated rings. The van der Waals surface area contributed by atoms with E-state index in [-0.39, 0.29) is 11.7 Å². The molecule has 1 aliphatic heterocycles. The standard InChI is InChI=1S/C28H34N4O3/c1-27(2,29)26(35)32-22(15-17-16-31-21-10-6-4-7-18(17)21)25(34)23-24(33)19-8-3-5-9-20(19)28(23)11-13-30-14-12-28/h3-10,16,22-24,30-31,33H,11-15,29H2,1-2H3,(H,32,35). The van der Waals surface area contributed by atoms with Gasteiger partial charge in [-0.3, -0.25) is 9.59 Å². The van der Waals surface area contributed by atoms with Crippen molar-refractivity contribution in [1.82, 2.24) is 15.6 Å². The van der Waals surface area contributed by atoms with Gasteiger partial charge in [0.15, 0.2) is 5.78 Å². The largest absolute Gasteiger partial charge is 0.388 e. The van der Waals surface area contributed by atoms with Gasteiger partial charge in [-0.2, -0.15) is 0 Å². The van der Waals surface area contributed by atoms with Crippen molar-refractivity contribution in [3.63, 3.8) is 0 Å². The molecule has 1 aromatic heterocycles. The molecule has 1 saturated heterocycles. The first-order valence-corrected chi connectivity index (χ1v) is 12.4. The Morgan fingerprint density at radius 2 is 1.83 bits per heavy atom. The summed E-state index contributed by atoms with van der Waals surface area (Å²) in [5.74, 6) is -1.17. The number of carbonyl (C=O) groups is 2. The Labute approximate surface area is 205 Å². The van der Waals surface area contributed by atoms with Crippen LogP contribution < -0.4 is 16.4 Å². The second kappa shape index (κ2) is 8.90. The third-order valence-corrected chi connectivity index (χ3v) is 7.86. The van der Waals surface area contributed by atoms with Crippen molar-refractivity contribution in [3.8, 4) is 0 Å². The second-order valence-electron chi connectivity index (χ2n) is 10.6. The summed E-state index contributed by atoms with van der Waals surface area (Å²) in [5.41, 5.74) is 8.29. The summed E-state index contributed by atoms with van der Waals surface area (Å²) in [6.07, 6.45) is 2.81. The van der Waals surface area contributed by atoms with Crippen LogP contribution in [-0.4, -0.2) is 46.5 Å². The fourth-order valence-electron chi connectivity index (χ4n) is 6.04. The van der Waals surface area contributed by atoms with E-state index in [0.717, 1.165) is 53.5 Å². The van der Waals surface area contributed by atoms with E-state index in [1.165, 1.54) is 0 Å². The number of nitrogens with two attached hydrogens (primary N) is 1. The Kier molecular flexibility index (Phi) is 6.03. The number of H-pyrrole nitrogens is 1. The van der Waals surface area contributed by atoms with Crippen molar-refractivity contribution < 1.29 is 14.7 Å². The number of hydrogen-bond acceptors (Lipinski definition) is 5. The molecule has 2 aliphatic rings. The van der Waals surface area contributed by atoms with Gasteiger partial charge in [0.25, 0.3) is 0 Å². The van der Waals surface area contributed by atoms with Crippen LogP contribution in [0.5, 0.6) is 0 Å². The SMILES string of the molecule is CC(C)(N)C(=O)NC(Cc1c[nH]c2ccccc12)C(=O)C1C(O)c2ccccc2C12CCNCC2. The van der Waals surface area contributed by atoms with Gasteiger partial charge in [0.2, 0.25) is 5.91 Å². The Balaban J connectivity index is 1.55. The lowest BCUT2D eigenvalue weighted by Gasteiger charge is -2.41. The lowest BCUT2D eigenvalue weighted by molar-refractivity contribution is -0.136. The fraction of sp³-hybridized carbons (Fsp3) is 0.429. The smallest absolute Gasteiger partial charge is 0.240 e. The molecule has 1 spiro atoms. The summed E-state index contributed by atoms with van der Waals surface area (Å²) in [4.78, 5) is 30.6. The molecule has 0 bridgehead atoms. The number of hydrogen-bond donors (Lipinski definition) is 5. The first kappa shape index (κ1) is 23.7. The van der Waals surface area contributed by atoms with E-state index in [4.69, 9.17) is 5.73 Å². The predicted molar refractivity (Wildman–Crippen MR) is 136 cm³/mol. The summed E-state index contributed by atoms with van der Waals surface area (Å²) >= 11 is 0. The molecule has 2 aromatic carbocycles. The van der Waals surface area contributed by atoms with E-state index in [2.05, 4.69) is 15.6 Å². The van der Waals surface area contributed by atoms with E-state index in [0.29, 0.717) is 6.42 Å². The highest BCUT2D eigenvalue weighted by Gasteiger charge is 2.56. The quantitative estimate of drug-likeness (QED) is 0.376. The second-order valence-corrected chi connectivity index (χ2v) is 10.6. The summed E-state index contributed by atoms with van der Waals surface area (Å²) in [6.45, 7) is 4.81. The van der Waals surface area contributed by atoms with Crippen molar-refractivity contribution in [2.24, 2.45) is 11.7 Å². The molecule has 2 heterocycles. The van der Waals surface area contributed by atoms with E-state index in [9.17, 15) is 14.7 Å². The summed E-state index contributed by atoms with van der Waals surface area (Å²) in [6, 6.07) is 14.9. The number of aliphatic hydroxyl groups is 1. The van der Waals surface area contributed by atoms with Crippen molar-refractivity contribution in [2.75, 3.05) is 13.1 Å². The maximum absolute atomic E-state index is 14.4. The Morgan fingerprint density at radius 3 is 2.57 bits per heavy atom. The summed E-state index contributed by atoms with van der Waals surface area (Å²) < 4.78 is 0. The molecule has 1 amide bonds. The molecule has 35 heavy (non-hydrogen) atoms. The molecule has 3 atom stereocenters. The van der Waals surface area contributed by atoms with Crippen LogP contribution in [0.3, 0.4) is 0 Å². The minimum absolute atomic E-state index is 0.140. The van der Waals surface area contributed by atoms with Gasteiger partial charge in [0, 0.05) is 28.9 Å². The van der Waals surface area contributed by atoms with Crippen LogP contribution in [0.15, 0.2) is 54.7 Å². The first-order chi connectivity index (χ1) is 16.7. The van der Waals surface area contributed by atoms with Gasteiger partial charge in [0.1, 0.15) is 0 Å². The van der Waals surface area contributed by atoms with Gasteiger partial charge < -0.3 is 26.5 Å². The number of nitrogens with one attached hydrogen (secondary N) is 3. The maximum atomic E-state index is 14.4. The van der Waals surface area contributed by atoms with Gasteiger partial charge in [-0.25, -0.2) is 0 Å². The minimum atomic E-state index is -1.14. The van der Waals surface area contributed by atoms with Crippen LogP contribution >= 0.6 is 0 Å². The van der Waals surface area contributed by atoms with Crippen LogP contribution in [0.25, 0.3) is 10.9 Å². The molecule has 7 nitrogen and oxygen atoms in total. The highest BCUT2D eigenvalue weighted by atomic mass is 16.3. The van der Waals surface area contributed by atoms with Gasteiger partial charge >= 0.3 is 0 Å². The van der Waals surface area contributed by atoms with E-state index in [1.807, 2.05) is 54.7 Å². The Bertz CT molecular complexity index is 1250. The first-order valence-electron chi connectivity index (χ1n) is 12.4. The van der Waals surface area contributed by atoms with Crippen molar-refractivity contribution in [1.29, 1.82) is 0 Å². The van der Waals surface area contributed by atoms with E-state index in [1.54, 1.807) is 13.8 Å². The number of carbonyl (C=O) groups excluding carboxylic acids is 2. The number of fused-ring (bicyclic) bond motifs is 3. The molecule has 6 N–H and O–H groups in total. The number of para-hydroxylation sites is 1. The number of aromatic nitrogens is 1. The van der Waals surface area contributed by atoms with E-state index >= 15 is 0 Å². The zero-order valence-corrected chi connectivity index (χ0v) is 20.3. The normalized spacial score (nSPS) is 22.2. The third kappa shape index (κ3) is 4.07. The van der Waals surface area contributed by atoms with Crippen LogP contribution in [0, 0.1) is 5.92 Å². The number of benzene rings is 2. The number of ketones is 1. The number of piperidine rings is 1. The molecule has 0 saturated carbocycles. The third-order valence-electron chi connectivity index (χ3n) is 7.86. The summed E-state index contributed by atoms with van der Waals surface area (Å²) in [5, 5.41) is 18.8. The molecular formula is C28H34N4O3. The number of aliphatic hydroxyl groups excluding tert-OH is 1. The Morgan fingerprint density at radius 1 is 1.14 bits per heavy atom. The van der Waals surface area contributed by atoms with Gasteiger partial charge in [-0.15, -0.1) is 0 Å². The fourth-order valence-corrected chi connectivity index (χ4v) is 6.04. The van der Waals surface area contributed by atoms with Gasteiger partial charge in [-0.1, -0.05) is 42.5 Å². The zero-order chi connectivity index (χ0) is 24.8. The van der Waals surface area contributed by atoms with Crippen molar-refractivity contribution in [2.45, 2.75) is 56.2 Å². The molecule has 3 unspecified atom stereocenters. The molecule has 0 radical (unpaired) electrons. The molecule has 1 aliphatic carbocycles. The van der Waals surface area contributed by atoms with Crippen LogP contribution in [0.4, 0.5) is 0 Å². The highest BCUT2D eigenvalue weighted by molar-refractivity contribution is 5.96. The van der Waals surface area contributed by atoms with Crippen molar-refractivity contribution in [3.05, 3.63) is 71.4 Å². The van der Waals surface area contributed by atoms with Crippen molar-refractivity contribution >= 4 is 22.6 Å². The number of amides is 1. The maximum Gasteiger partial charge on any atom is 0.240 e. The zero-order valence-electron chi connectivity index (χ0n) is 20.3.